The van der Waals surface area contributed by atoms with Crippen molar-refractivity contribution < 1.29 is 47.4 Å². The fourth-order valence-electron chi connectivity index (χ4n) is 5.42. The SMILES string of the molecule is COCOc1ccc2c(c1)OC[C@@H]1c3cc(CC4Oc5cc(OC)c(OCOC)cc5C4=O)c(OC)cc3O[C@H]21. The molecule has 40 heavy (non-hydrogen) atoms. The molecule has 3 heterocycles. The minimum Gasteiger partial charge on any atom is -0.496 e. The Kier molecular flexibility index (Phi) is 7.03. The highest BCUT2D eigenvalue weighted by atomic mass is 16.7. The first-order valence-electron chi connectivity index (χ1n) is 12.8. The van der Waals surface area contributed by atoms with Gasteiger partial charge in [-0.3, -0.25) is 4.79 Å². The van der Waals surface area contributed by atoms with Crippen molar-refractivity contribution in [1.82, 2.24) is 0 Å². The largest absolute Gasteiger partial charge is 0.496 e. The molecule has 3 aromatic carbocycles. The average Bonchev–Trinajstić information content (AvgIpc) is 3.49. The summed E-state index contributed by atoms with van der Waals surface area (Å²) in [5, 5.41) is 0. The van der Waals surface area contributed by atoms with Crippen LogP contribution < -0.4 is 33.2 Å². The molecule has 0 N–H and O–H groups in total. The van der Waals surface area contributed by atoms with Crippen LogP contribution in [0.5, 0.6) is 40.2 Å². The van der Waals surface area contributed by atoms with Gasteiger partial charge in [-0.2, -0.15) is 0 Å². The summed E-state index contributed by atoms with van der Waals surface area (Å²) in [5.74, 6) is 3.91. The number of carbonyl (C=O) groups excluding carboxylic acids is 1. The van der Waals surface area contributed by atoms with Crippen LogP contribution in [-0.2, 0) is 15.9 Å². The average molecular weight is 551 g/mol. The number of ether oxygens (including phenoxy) is 9. The maximum Gasteiger partial charge on any atom is 0.207 e. The summed E-state index contributed by atoms with van der Waals surface area (Å²) in [5.41, 5.74) is 3.23. The van der Waals surface area contributed by atoms with Crippen molar-refractivity contribution in [2.75, 3.05) is 48.6 Å². The number of ketones is 1. The van der Waals surface area contributed by atoms with Crippen molar-refractivity contribution in [3.8, 4) is 40.2 Å². The second kappa shape index (κ2) is 10.8. The maximum absolute atomic E-state index is 13.4. The fraction of sp³-hybridized carbons (Fsp3) is 0.367. The molecule has 3 aromatic rings. The first-order valence-corrected chi connectivity index (χ1v) is 12.8. The molecule has 0 aliphatic carbocycles. The Hall–Kier alpha value is -4.15. The molecule has 0 radical (unpaired) electrons. The van der Waals surface area contributed by atoms with Crippen molar-refractivity contribution in [3.63, 3.8) is 0 Å². The normalized spacial score (nSPS) is 19.8. The molecule has 3 atom stereocenters. The number of benzene rings is 3. The molecule has 3 aliphatic rings. The zero-order chi connectivity index (χ0) is 27.8. The fourth-order valence-corrected chi connectivity index (χ4v) is 5.42. The van der Waals surface area contributed by atoms with E-state index in [0.29, 0.717) is 47.3 Å². The quantitative estimate of drug-likeness (QED) is 0.336. The number of Topliss-reactive ketones (excluding diaryl/α,β-unsaturated/α-hetero) is 1. The molecule has 10 nitrogen and oxygen atoms in total. The van der Waals surface area contributed by atoms with Gasteiger partial charge < -0.3 is 42.6 Å². The van der Waals surface area contributed by atoms with E-state index in [1.165, 1.54) is 14.2 Å². The highest BCUT2D eigenvalue weighted by Crippen LogP contribution is 2.53. The van der Waals surface area contributed by atoms with E-state index in [1.54, 1.807) is 26.4 Å². The van der Waals surface area contributed by atoms with Crippen molar-refractivity contribution in [2.45, 2.75) is 24.5 Å². The van der Waals surface area contributed by atoms with Crippen molar-refractivity contribution in [1.29, 1.82) is 0 Å². The van der Waals surface area contributed by atoms with E-state index in [2.05, 4.69) is 0 Å². The minimum atomic E-state index is -0.726. The zero-order valence-electron chi connectivity index (χ0n) is 22.7. The first-order chi connectivity index (χ1) is 19.5. The Balaban J connectivity index is 1.25. The molecule has 6 rings (SSSR count). The van der Waals surface area contributed by atoms with E-state index in [-0.39, 0.29) is 31.4 Å². The van der Waals surface area contributed by atoms with Crippen LogP contribution in [0.1, 0.15) is 39.1 Å². The lowest BCUT2D eigenvalue weighted by molar-refractivity contribution is 0.0490. The highest BCUT2D eigenvalue weighted by molar-refractivity contribution is 6.05. The summed E-state index contributed by atoms with van der Waals surface area (Å²) >= 11 is 0. The van der Waals surface area contributed by atoms with Gasteiger partial charge in [-0.05, 0) is 29.8 Å². The van der Waals surface area contributed by atoms with Crippen molar-refractivity contribution in [2.24, 2.45) is 0 Å². The lowest BCUT2D eigenvalue weighted by atomic mass is 9.88. The Bertz CT molecular complexity index is 1430. The number of hydrogen-bond acceptors (Lipinski definition) is 10. The Morgan fingerprint density at radius 2 is 1.55 bits per heavy atom. The molecular weight excluding hydrogens is 520 g/mol. The van der Waals surface area contributed by atoms with Gasteiger partial charge in [0.05, 0.1) is 32.3 Å². The lowest BCUT2D eigenvalue weighted by Crippen LogP contribution is -2.24. The summed E-state index contributed by atoms with van der Waals surface area (Å²) in [6, 6.07) is 12.9. The number of methoxy groups -OCH3 is 4. The number of rotatable bonds is 10. The van der Waals surface area contributed by atoms with Gasteiger partial charge in [-0.15, -0.1) is 0 Å². The van der Waals surface area contributed by atoms with E-state index in [0.717, 1.165) is 28.2 Å². The first kappa shape index (κ1) is 26.1. The highest BCUT2D eigenvalue weighted by Gasteiger charge is 2.42. The number of hydrogen-bond donors (Lipinski definition) is 0. The van der Waals surface area contributed by atoms with Crippen LogP contribution in [0, 0.1) is 0 Å². The van der Waals surface area contributed by atoms with E-state index >= 15 is 0 Å². The van der Waals surface area contributed by atoms with Gasteiger partial charge in [0.15, 0.2) is 31.2 Å². The zero-order valence-corrected chi connectivity index (χ0v) is 22.7. The molecule has 1 unspecified atom stereocenters. The molecule has 0 bridgehead atoms. The Morgan fingerprint density at radius 1 is 0.775 bits per heavy atom. The van der Waals surface area contributed by atoms with Crippen LogP contribution in [0.3, 0.4) is 0 Å². The van der Waals surface area contributed by atoms with Gasteiger partial charge in [0.25, 0.3) is 0 Å². The smallest absolute Gasteiger partial charge is 0.207 e. The van der Waals surface area contributed by atoms with Crippen LogP contribution in [0.2, 0.25) is 0 Å². The van der Waals surface area contributed by atoms with Gasteiger partial charge in [-0.1, -0.05) is 0 Å². The summed E-state index contributed by atoms with van der Waals surface area (Å²) in [4.78, 5) is 13.4. The van der Waals surface area contributed by atoms with Gasteiger partial charge in [0.1, 0.15) is 34.9 Å². The predicted octanol–water partition coefficient (Wildman–Crippen LogP) is 4.47. The van der Waals surface area contributed by atoms with E-state index in [9.17, 15) is 4.79 Å². The van der Waals surface area contributed by atoms with Gasteiger partial charge in [0, 0.05) is 50.0 Å². The van der Waals surface area contributed by atoms with Gasteiger partial charge >= 0.3 is 0 Å². The molecule has 10 heteroatoms. The molecule has 0 spiro atoms. The second-order valence-electron chi connectivity index (χ2n) is 9.63. The van der Waals surface area contributed by atoms with E-state index < -0.39 is 6.10 Å². The van der Waals surface area contributed by atoms with Crippen LogP contribution in [0.4, 0.5) is 0 Å². The Labute approximate surface area is 231 Å². The molecule has 0 amide bonds. The van der Waals surface area contributed by atoms with Gasteiger partial charge in [0.2, 0.25) is 5.78 Å². The van der Waals surface area contributed by atoms with Crippen LogP contribution >= 0.6 is 0 Å². The topological polar surface area (TPSA) is 100 Å². The second-order valence-corrected chi connectivity index (χ2v) is 9.63. The summed E-state index contributed by atoms with van der Waals surface area (Å²) in [6.07, 6.45) is -0.617. The van der Waals surface area contributed by atoms with Crippen molar-refractivity contribution in [3.05, 3.63) is 64.7 Å². The predicted molar refractivity (Wildman–Crippen MR) is 141 cm³/mol. The van der Waals surface area contributed by atoms with Gasteiger partial charge in [-0.25, -0.2) is 0 Å². The lowest BCUT2D eigenvalue weighted by Gasteiger charge is -2.28. The molecule has 0 saturated carbocycles. The summed E-state index contributed by atoms with van der Waals surface area (Å²) in [7, 11) is 6.23. The maximum atomic E-state index is 13.4. The van der Waals surface area contributed by atoms with Crippen LogP contribution in [-0.4, -0.2) is 60.5 Å². The monoisotopic (exact) mass is 550 g/mol. The van der Waals surface area contributed by atoms with Crippen LogP contribution in [0.25, 0.3) is 0 Å². The standard InChI is InChI=1S/C30H30O10/c1-32-14-37-17-5-6-18-23(9-17)36-13-21-19-7-16(22(34-3)11-24(19)40-30(18)21)8-28-29(31)20-10-27(38-15-33-2)26(35-4)12-25(20)39-28/h5-7,9-12,21,28,30H,8,13-15H2,1-4H3/t21-,28?,30-/m1/s1. The molecule has 3 aliphatic heterocycles. The molecule has 210 valence electrons. The summed E-state index contributed by atoms with van der Waals surface area (Å²) < 4.78 is 50.9. The number of fused-ring (bicyclic) bond motifs is 6. The molecule has 0 fully saturated rings. The third-order valence-corrected chi connectivity index (χ3v) is 7.32. The number of carbonyl (C=O) groups is 1. The molecule has 0 aromatic heterocycles. The Morgan fingerprint density at radius 3 is 2.33 bits per heavy atom. The third kappa shape index (κ3) is 4.52. The third-order valence-electron chi connectivity index (χ3n) is 7.32. The van der Waals surface area contributed by atoms with Crippen LogP contribution in [0.15, 0.2) is 42.5 Å². The van der Waals surface area contributed by atoms with E-state index in [4.69, 9.17) is 42.6 Å². The summed E-state index contributed by atoms with van der Waals surface area (Å²) in [6.45, 7) is 0.629. The van der Waals surface area contributed by atoms with E-state index in [1.807, 2.05) is 30.3 Å². The van der Waals surface area contributed by atoms with Crippen molar-refractivity contribution >= 4 is 5.78 Å². The molecular formula is C30H30O10. The minimum absolute atomic E-state index is 0.0138. The molecule has 0 saturated heterocycles.